The van der Waals surface area contributed by atoms with Crippen LogP contribution in [0.25, 0.3) is 0 Å². The molecule has 1 aliphatic heterocycles. The van der Waals surface area contributed by atoms with Gasteiger partial charge in [0.25, 0.3) is 5.91 Å². The normalized spacial score (nSPS) is 26.2. The predicted octanol–water partition coefficient (Wildman–Crippen LogP) is 2.57. The minimum atomic E-state index is -0.132. The summed E-state index contributed by atoms with van der Waals surface area (Å²) in [5.41, 5.74) is 0.317. The Kier molecular flexibility index (Phi) is 4.10. The highest BCUT2D eigenvalue weighted by atomic mass is 35.5. The molecule has 1 saturated carbocycles. The van der Waals surface area contributed by atoms with Crippen LogP contribution in [-0.2, 0) is 4.74 Å². The van der Waals surface area contributed by atoms with Crippen LogP contribution < -0.4 is 0 Å². The Labute approximate surface area is 127 Å². The van der Waals surface area contributed by atoms with Crippen LogP contribution in [0.2, 0.25) is 10.3 Å². The number of carbonyl (C=O) groups is 1. The van der Waals surface area contributed by atoms with Gasteiger partial charge in [0, 0.05) is 6.54 Å². The van der Waals surface area contributed by atoms with Gasteiger partial charge in [-0.2, -0.15) is 0 Å². The zero-order valence-corrected chi connectivity index (χ0v) is 12.4. The molecule has 1 saturated heterocycles. The SMILES string of the molecule is O=C(c1cc(Cl)nnc1Cl)N1CCOC2CCCCC21. The smallest absolute Gasteiger partial charge is 0.257 e. The molecule has 108 valence electrons. The number of fused-ring (bicyclic) bond motifs is 1. The molecule has 1 amide bonds. The first kappa shape index (κ1) is 14.0. The highest BCUT2D eigenvalue weighted by Gasteiger charge is 2.37. The Hall–Kier alpha value is -0.910. The number of nitrogens with zero attached hydrogens (tertiary/aromatic N) is 3. The average molecular weight is 316 g/mol. The summed E-state index contributed by atoms with van der Waals surface area (Å²) in [6, 6.07) is 1.61. The van der Waals surface area contributed by atoms with Crippen LogP contribution in [0.3, 0.4) is 0 Å². The van der Waals surface area contributed by atoms with Gasteiger partial charge in [0.2, 0.25) is 0 Å². The maximum absolute atomic E-state index is 12.7. The van der Waals surface area contributed by atoms with E-state index >= 15 is 0 Å². The molecular formula is C13H15Cl2N3O2. The van der Waals surface area contributed by atoms with Crippen molar-refractivity contribution >= 4 is 29.1 Å². The molecule has 5 nitrogen and oxygen atoms in total. The predicted molar refractivity (Wildman–Crippen MR) is 75.1 cm³/mol. The first-order valence-corrected chi connectivity index (χ1v) is 7.53. The van der Waals surface area contributed by atoms with E-state index in [0.717, 1.165) is 25.7 Å². The number of amides is 1. The first-order chi connectivity index (χ1) is 9.66. The Morgan fingerprint density at radius 1 is 1.30 bits per heavy atom. The standard InChI is InChI=1S/C13H15Cl2N3O2/c14-11-7-8(12(15)17-16-11)13(19)18-5-6-20-10-4-2-1-3-9(10)18/h7,9-10H,1-6H2. The van der Waals surface area contributed by atoms with E-state index in [2.05, 4.69) is 10.2 Å². The maximum atomic E-state index is 12.7. The van der Waals surface area contributed by atoms with Gasteiger partial charge in [-0.3, -0.25) is 4.79 Å². The quantitative estimate of drug-likeness (QED) is 0.799. The minimum absolute atomic E-state index is 0.0956. The molecular weight excluding hydrogens is 301 g/mol. The lowest BCUT2D eigenvalue weighted by Gasteiger charge is -2.43. The summed E-state index contributed by atoms with van der Waals surface area (Å²) in [6.45, 7) is 1.15. The Balaban J connectivity index is 1.87. The first-order valence-electron chi connectivity index (χ1n) is 6.78. The molecule has 2 unspecified atom stereocenters. The third-order valence-corrected chi connectivity index (χ3v) is 4.41. The molecule has 2 aliphatic rings. The number of halogens is 2. The van der Waals surface area contributed by atoms with Crippen LogP contribution in [0.1, 0.15) is 36.0 Å². The second kappa shape index (κ2) is 5.84. The topological polar surface area (TPSA) is 55.3 Å². The molecule has 2 atom stereocenters. The van der Waals surface area contributed by atoms with Crippen molar-refractivity contribution in [2.75, 3.05) is 13.2 Å². The van der Waals surface area contributed by atoms with E-state index in [0.29, 0.717) is 18.7 Å². The number of rotatable bonds is 1. The third-order valence-electron chi connectivity index (χ3n) is 3.94. The second-order valence-electron chi connectivity index (χ2n) is 5.13. The summed E-state index contributed by atoms with van der Waals surface area (Å²) in [6.07, 6.45) is 4.41. The van der Waals surface area contributed by atoms with Gasteiger partial charge in [-0.15, -0.1) is 10.2 Å². The van der Waals surface area contributed by atoms with E-state index in [9.17, 15) is 4.79 Å². The minimum Gasteiger partial charge on any atom is -0.374 e. The molecule has 1 aromatic rings. The molecule has 0 radical (unpaired) electrons. The fraction of sp³-hybridized carbons (Fsp3) is 0.615. The summed E-state index contributed by atoms with van der Waals surface area (Å²) < 4.78 is 5.77. The van der Waals surface area contributed by atoms with Crippen LogP contribution in [0.4, 0.5) is 0 Å². The largest absolute Gasteiger partial charge is 0.374 e. The summed E-state index contributed by atoms with van der Waals surface area (Å²) in [5, 5.41) is 7.61. The fourth-order valence-corrected chi connectivity index (χ4v) is 3.33. The molecule has 0 bridgehead atoms. The van der Waals surface area contributed by atoms with Crippen molar-refractivity contribution in [2.45, 2.75) is 37.8 Å². The van der Waals surface area contributed by atoms with E-state index in [1.165, 1.54) is 6.07 Å². The Morgan fingerprint density at radius 2 is 2.10 bits per heavy atom. The molecule has 20 heavy (non-hydrogen) atoms. The van der Waals surface area contributed by atoms with Crippen molar-refractivity contribution < 1.29 is 9.53 Å². The van der Waals surface area contributed by atoms with Crippen molar-refractivity contribution in [1.82, 2.24) is 15.1 Å². The van der Waals surface area contributed by atoms with Crippen molar-refractivity contribution in [3.63, 3.8) is 0 Å². The number of carbonyl (C=O) groups excluding carboxylic acids is 1. The van der Waals surface area contributed by atoms with Crippen LogP contribution in [-0.4, -0.2) is 46.3 Å². The number of aromatic nitrogens is 2. The zero-order chi connectivity index (χ0) is 14.1. The van der Waals surface area contributed by atoms with Crippen molar-refractivity contribution in [2.24, 2.45) is 0 Å². The summed E-state index contributed by atoms with van der Waals surface area (Å²) in [7, 11) is 0. The van der Waals surface area contributed by atoms with Crippen molar-refractivity contribution in [3.8, 4) is 0 Å². The van der Waals surface area contributed by atoms with Crippen LogP contribution in [0.15, 0.2) is 6.07 Å². The molecule has 1 aliphatic carbocycles. The fourth-order valence-electron chi connectivity index (χ4n) is 3.01. The average Bonchev–Trinajstić information content (AvgIpc) is 2.48. The van der Waals surface area contributed by atoms with Gasteiger partial charge in [0.15, 0.2) is 10.3 Å². The Bertz CT molecular complexity index is 524. The number of hydrogen-bond donors (Lipinski definition) is 0. The summed E-state index contributed by atoms with van der Waals surface area (Å²) in [5.74, 6) is -0.132. The second-order valence-corrected chi connectivity index (χ2v) is 5.88. The Morgan fingerprint density at radius 3 is 2.95 bits per heavy atom. The van der Waals surface area contributed by atoms with Crippen LogP contribution in [0.5, 0.6) is 0 Å². The lowest BCUT2D eigenvalue weighted by atomic mass is 9.90. The molecule has 2 heterocycles. The zero-order valence-electron chi connectivity index (χ0n) is 10.9. The van der Waals surface area contributed by atoms with Gasteiger partial charge >= 0.3 is 0 Å². The van der Waals surface area contributed by atoms with Crippen molar-refractivity contribution in [3.05, 3.63) is 21.9 Å². The van der Waals surface area contributed by atoms with Crippen molar-refractivity contribution in [1.29, 1.82) is 0 Å². The lowest BCUT2D eigenvalue weighted by Crippen LogP contribution is -2.54. The highest BCUT2D eigenvalue weighted by molar-refractivity contribution is 6.34. The number of hydrogen-bond acceptors (Lipinski definition) is 4. The van der Waals surface area contributed by atoms with Gasteiger partial charge in [-0.05, 0) is 18.9 Å². The molecule has 0 aromatic carbocycles. The van der Waals surface area contributed by atoms with E-state index in [-0.39, 0.29) is 28.4 Å². The molecule has 1 aromatic heterocycles. The molecule has 3 rings (SSSR count). The van der Waals surface area contributed by atoms with Gasteiger partial charge in [-0.1, -0.05) is 36.0 Å². The lowest BCUT2D eigenvalue weighted by molar-refractivity contribution is -0.0752. The number of ether oxygens (including phenoxy) is 1. The number of morpholine rings is 1. The van der Waals surface area contributed by atoms with Gasteiger partial charge in [0.1, 0.15) is 0 Å². The third kappa shape index (κ3) is 2.62. The van der Waals surface area contributed by atoms with E-state index < -0.39 is 0 Å². The van der Waals surface area contributed by atoms with E-state index in [1.54, 1.807) is 0 Å². The maximum Gasteiger partial charge on any atom is 0.257 e. The monoisotopic (exact) mass is 315 g/mol. The van der Waals surface area contributed by atoms with Gasteiger partial charge in [0.05, 0.1) is 24.3 Å². The van der Waals surface area contributed by atoms with E-state index in [1.807, 2.05) is 4.90 Å². The van der Waals surface area contributed by atoms with Crippen LogP contribution in [0, 0.1) is 0 Å². The molecule has 2 fully saturated rings. The highest BCUT2D eigenvalue weighted by Crippen LogP contribution is 2.30. The van der Waals surface area contributed by atoms with Gasteiger partial charge < -0.3 is 9.64 Å². The summed E-state index contributed by atoms with van der Waals surface area (Å²) >= 11 is 11.8. The van der Waals surface area contributed by atoms with E-state index in [4.69, 9.17) is 27.9 Å². The summed E-state index contributed by atoms with van der Waals surface area (Å²) in [4.78, 5) is 14.5. The molecule has 7 heteroatoms. The van der Waals surface area contributed by atoms with Gasteiger partial charge in [-0.25, -0.2) is 0 Å². The molecule has 0 N–H and O–H groups in total. The molecule has 0 spiro atoms. The van der Waals surface area contributed by atoms with Crippen LogP contribution >= 0.6 is 23.2 Å².